The fraction of sp³-hybridized carbons (Fsp3) is 0.400. The van der Waals surface area contributed by atoms with Crippen molar-refractivity contribution in [3.05, 3.63) is 65.2 Å². The van der Waals surface area contributed by atoms with Crippen LogP contribution in [0.15, 0.2) is 48.5 Å². The molecule has 2 saturated heterocycles. The normalized spacial score (nSPS) is 25.8. The molecule has 2 aromatic carbocycles. The largest absolute Gasteiger partial charge is 0.449 e. The van der Waals surface area contributed by atoms with Crippen LogP contribution in [0, 0.1) is 0 Å². The van der Waals surface area contributed by atoms with E-state index in [2.05, 4.69) is 0 Å². The quantitative estimate of drug-likeness (QED) is 0.721. The summed E-state index contributed by atoms with van der Waals surface area (Å²) in [5.41, 5.74) is 2.24. The number of esters is 1. The minimum atomic E-state index is -0.709. The molecule has 1 saturated carbocycles. The molecule has 6 nitrogen and oxygen atoms in total. The molecule has 1 aliphatic carbocycles. The first-order valence-corrected chi connectivity index (χ1v) is 11.1. The van der Waals surface area contributed by atoms with Gasteiger partial charge in [0, 0.05) is 37.2 Å². The molecule has 0 unspecified atom stereocenters. The number of likely N-dealkylation sites (tertiary alicyclic amines) is 1. The summed E-state index contributed by atoms with van der Waals surface area (Å²) in [6, 6.07) is 15.4. The Balaban J connectivity index is 1.23. The molecule has 0 N–H and O–H groups in total. The predicted molar refractivity (Wildman–Crippen MR) is 114 cm³/mol. The van der Waals surface area contributed by atoms with Gasteiger partial charge in [-0.3, -0.25) is 9.59 Å². The molecule has 158 valence electrons. The zero-order chi connectivity index (χ0) is 21.2. The second-order valence-electron chi connectivity index (χ2n) is 9.18. The third-order valence-corrected chi connectivity index (χ3v) is 7.41. The van der Waals surface area contributed by atoms with Gasteiger partial charge in [0.1, 0.15) is 0 Å². The molecular weight excluding hydrogens is 392 g/mol. The third kappa shape index (κ3) is 2.67. The number of carbonyl (C=O) groups is 3. The zero-order valence-corrected chi connectivity index (χ0v) is 17.3. The second kappa shape index (κ2) is 6.42. The average molecular weight is 416 g/mol. The van der Waals surface area contributed by atoms with Crippen LogP contribution in [0.5, 0.6) is 0 Å². The van der Waals surface area contributed by atoms with Crippen molar-refractivity contribution in [2.24, 2.45) is 0 Å². The predicted octanol–water partition coefficient (Wildman–Crippen LogP) is 3.14. The van der Waals surface area contributed by atoms with Gasteiger partial charge >= 0.3 is 5.97 Å². The Morgan fingerprint density at radius 1 is 0.935 bits per heavy atom. The SMILES string of the molecule is O=C1O[C@]2(CCN(C(=O)C3(c4ccc(N5CCCC5=O)cc4)CC3)C2)c2ccccc21. The van der Waals surface area contributed by atoms with Crippen molar-refractivity contribution >= 4 is 23.5 Å². The summed E-state index contributed by atoms with van der Waals surface area (Å²) in [6.07, 6.45) is 3.79. The minimum Gasteiger partial charge on any atom is -0.449 e. The van der Waals surface area contributed by atoms with Gasteiger partial charge in [-0.25, -0.2) is 4.79 Å². The lowest BCUT2D eigenvalue weighted by Crippen LogP contribution is -2.40. The van der Waals surface area contributed by atoms with Gasteiger partial charge in [0.05, 0.1) is 17.5 Å². The summed E-state index contributed by atoms with van der Waals surface area (Å²) < 4.78 is 5.81. The molecule has 6 heteroatoms. The second-order valence-corrected chi connectivity index (χ2v) is 9.18. The first-order chi connectivity index (χ1) is 15.0. The van der Waals surface area contributed by atoms with Gasteiger partial charge in [-0.1, -0.05) is 30.3 Å². The molecule has 3 fully saturated rings. The average Bonchev–Trinajstić information content (AvgIpc) is 3.18. The number of hydrogen-bond acceptors (Lipinski definition) is 4. The summed E-state index contributed by atoms with van der Waals surface area (Å²) in [4.78, 5) is 41.6. The Bertz CT molecular complexity index is 1100. The number of amides is 2. The van der Waals surface area contributed by atoms with E-state index >= 15 is 0 Å². The third-order valence-electron chi connectivity index (χ3n) is 7.41. The van der Waals surface area contributed by atoms with Crippen LogP contribution in [0.25, 0.3) is 0 Å². The highest BCUT2D eigenvalue weighted by atomic mass is 16.6. The maximum absolute atomic E-state index is 13.6. The summed E-state index contributed by atoms with van der Waals surface area (Å²) >= 11 is 0. The number of carbonyl (C=O) groups excluding carboxylic acids is 3. The van der Waals surface area contributed by atoms with Crippen LogP contribution >= 0.6 is 0 Å². The molecule has 3 aliphatic heterocycles. The number of rotatable bonds is 3. The summed E-state index contributed by atoms with van der Waals surface area (Å²) in [7, 11) is 0. The van der Waals surface area contributed by atoms with Crippen molar-refractivity contribution in [3.63, 3.8) is 0 Å². The summed E-state index contributed by atoms with van der Waals surface area (Å²) in [6.45, 7) is 1.76. The van der Waals surface area contributed by atoms with E-state index in [-0.39, 0.29) is 17.8 Å². The minimum absolute atomic E-state index is 0.120. The van der Waals surface area contributed by atoms with Gasteiger partial charge < -0.3 is 14.5 Å². The smallest absolute Gasteiger partial charge is 0.339 e. The van der Waals surface area contributed by atoms with E-state index in [1.54, 1.807) is 6.07 Å². The highest BCUT2D eigenvalue weighted by Crippen LogP contribution is 2.52. The number of anilines is 1. The van der Waals surface area contributed by atoms with Gasteiger partial charge in [0.15, 0.2) is 5.60 Å². The van der Waals surface area contributed by atoms with Crippen LogP contribution in [0.2, 0.25) is 0 Å². The molecule has 1 atom stereocenters. The monoisotopic (exact) mass is 416 g/mol. The molecular formula is C25H24N2O4. The van der Waals surface area contributed by atoms with Crippen LogP contribution in [-0.2, 0) is 25.3 Å². The van der Waals surface area contributed by atoms with E-state index in [0.29, 0.717) is 31.5 Å². The van der Waals surface area contributed by atoms with E-state index in [9.17, 15) is 14.4 Å². The topological polar surface area (TPSA) is 66.9 Å². The van der Waals surface area contributed by atoms with E-state index < -0.39 is 11.0 Å². The highest BCUT2D eigenvalue weighted by molar-refractivity contribution is 5.97. The zero-order valence-electron chi connectivity index (χ0n) is 17.3. The van der Waals surface area contributed by atoms with Crippen molar-refractivity contribution < 1.29 is 19.1 Å². The van der Waals surface area contributed by atoms with E-state index in [0.717, 1.165) is 42.6 Å². The Morgan fingerprint density at radius 3 is 2.42 bits per heavy atom. The molecule has 3 heterocycles. The van der Waals surface area contributed by atoms with Crippen LogP contribution in [0.1, 0.15) is 53.6 Å². The maximum atomic E-state index is 13.6. The summed E-state index contributed by atoms with van der Waals surface area (Å²) in [5.74, 6) is -0.00777. The molecule has 31 heavy (non-hydrogen) atoms. The summed E-state index contributed by atoms with van der Waals surface area (Å²) in [5, 5.41) is 0. The first kappa shape index (κ1) is 18.6. The van der Waals surface area contributed by atoms with Crippen LogP contribution < -0.4 is 4.90 Å². The first-order valence-electron chi connectivity index (χ1n) is 11.1. The lowest BCUT2D eigenvalue weighted by Gasteiger charge is -2.27. The van der Waals surface area contributed by atoms with Crippen molar-refractivity contribution in [2.75, 3.05) is 24.5 Å². The highest BCUT2D eigenvalue weighted by Gasteiger charge is 2.57. The fourth-order valence-electron chi connectivity index (χ4n) is 5.54. The molecule has 1 spiro atoms. The number of ether oxygens (including phenoxy) is 1. The van der Waals surface area contributed by atoms with Gasteiger partial charge in [0.2, 0.25) is 11.8 Å². The molecule has 2 amide bonds. The van der Waals surface area contributed by atoms with E-state index in [1.807, 2.05) is 52.3 Å². The Morgan fingerprint density at radius 2 is 1.71 bits per heavy atom. The maximum Gasteiger partial charge on any atom is 0.339 e. The standard InChI is InChI=1S/C25H24N2O4/c28-21-6-3-14-27(21)18-9-7-17(8-10-18)24(11-12-24)23(30)26-15-13-25(16-26)20-5-2-1-4-19(20)22(29)31-25/h1-2,4-5,7-10H,3,6,11-16H2/t25-/m0/s1. The van der Waals surface area contributed by atoms with Gasteiger partial charge in [-0.15, -0.1) is 0 Å². The molecule has 2 aromatic rings. The van der Waals surface area contributed by atoms with Crippen molar-refractivity contribution in [2.45, 2.75) is 43.1 Å². The van der Waals surface area contributed by atoms with E-state index in [4.69, 9.17) is 4.74 Å². The van der Waals surface area contributed by atoms with Crippen LogP contribution in [-0.4, -0.2) is 42.3 Å². The molecule has 6 rings (SSSR count). The number of benzene rings is 2. The Labute approximate surface area is 180 Å². The number of nitrogens with zero attached hydrogens (tertiary/aromatic N) is 2. The van der Waals surface area contributed by atoms with Crippen molar-refractivity contribution in [3.8, 4) is 0 Å². The molecule has 0 bridgehead atoms. The van der Waals surface area contributed by atoms with Gasteiger partial charge in [0.25, 0.3) is 0 Å². The number of hydrogen-bond donors (Lipinski definition) is 0. The van der Waals surface area contributed by atoms with Crippen LogP contribution in [0.3, 0.4) is 0 Å². The molecule has 0 aromatic heterocycles. The van der Waals surface area contributed by atoms with Gasteiger partial charge in [-0.2, -0.15) is 0 Å². The van der Waals surface area contributed by atoms with Crippen LogP contribution in [0.4, 0.5) is 5.69 Å². The molecule has 4 aliphatic rings. The van der Waals surface area contributed by atoms with E-state index in [1.165, 1.54) is 0 Å². The van der Waals surface area contributed by atoms with Gasteiger partial charge in [-0.05, 0) is 43.0 Å². The number of fused-ring (bicyclic) bond motifs is 2. The fourth-order valence-corrected chi connectivity index (χ4v) is 5.54. The Hall–Kier alpha value is -3.15. The molecule has 0 radical (unpaired) electrons. The lowest BCUT2D eigenvalue weighted by molar-refractivity contribution is -0.134. The van der Waals surface area contributed by atoms with Crippen molar-refractivity contribution in [1.82, 2.24) is 4.90 Å². The lowest BCUT2D eigenvalue weighted by atomic mass is 9.91. The van der Waals surface area contributed by atoms with Crippen molar-refractivity contribution in [1.29, 1.82) is 0 Å². The Kier molecular flexibility index (Phi) is 3.86.